The average molecular weight is 445 g/mol. The first-order chi connectivity index (χ1) is 12.0. The summed E-state index contributed by atoms with van der Waals surface area (Å²) in [6, 6.07) is 17.3. The van der Waals surface area contributed by atoms with Crippen molar-refractivity contribution < 1.29 is 9.53 Å². The summed E-state index contributed by atoms with van der Waals surface area (Å²) >= 11 is 2.15. The van der Waals surface area contributed by atoms with Gasteiger partial charge in [0.15, 0.2) is 6.61 Å². The maximum Gasteiger partial charge on any atom is 0.214 e. The van der Waals surface area contributed by atoms with Crippen LogP contribution in [0.1, 0.15) is 0 Å². The Morgan fingerprint density at radius 2 is 1.64 bits per heavy atom. The lowest BCUT2D eigenvalue weighted by atomic mass is 10.2. The first-order valence-corrected chi connectivity index (χ1v) is 8.74. The number of Topliss-reactive ketones (excluding diaryl/α,β-unsaturated/α-hetero) is 1. The molecule has 1 aliphatic rings. The number of ether oxygens (including phenoxy) is 1. The second-order valence-corrected chi connectivity index (χ2v) is 6.72. The van der Waals surface area contributed by atoms with Gasteiger partial charge < -0.3 is 14.5 Å². The number of ketones is 1. The van der Waals surface area contributed by atoms with Gasteiger partial charge >= 0.3 is 0 Å². The van der Waals surface area contributed by atoms with Gasteiger partial charge in [0.25, 0.3) is 0 Å². The Kier molecular flexibility index (Phi) is 4.95. The number of halogens is 1. The predicted molar refractivity (Wildman–Crippen MR) is 106 cm³/mol. The summed E-state index contributed by atoms with van der Waals surface area (Å²) in [5.74, 6) is 0.860. The second-order valence-electron chi connectivity index (χ2n) is 5.56. The summed E-state index contributed by atoms with van der Waals surface area (Å²) in [6.45, 7) is -0.176. The molecule has 0 radical (unpaired) electrons. The van der Waals surface area contributed by atoms with Crippen LogP contribution in [0, 0.1) is 14.9 Å². The number of carbonyl (C=O) groups is 1. The molecule has 0 saturated heterocycles. The fourth-order valence-electron chi connectivity index (χ4n) is 2.83. The SMILES string of the molecule is CN1C(=C(C#N)C(=O)COc2ccccc2I)N(C)c2ccccc21. The van der Waals surface area contributed by atoms with Crippen LogP contribution in [0.3, 0.4) is 0 Å². The van der Waals surface area contributed by atoms with Crippen LogP contribution in [0.5, 0.6) is 5.75 Å². The van der Waals surface area contributed by atoms with Crippen LogP contribution in [-0.4, -0.2) is 26.5 Å². The molecule has 0 spiro atoms. The molecule has 0 unspecified atom stereocenters. The van der Waals surface area contributed by atoms with Crippen molar-refractivity contribution in [3.63, 3.8) is 0 Å². The number of anilines is 2. The minimum Gasteiger partial charge on any atom is -0.484 e. The maximum absolute atomic E-state index is 12.6. The van der Waals surface area contributed by atoms with E-state index in [0.717, 1.165) is 14.9 Å². The molecule has 1 aliphatic heterocycles. The Morgan fingerprint density at radius 1 is 1.08 bits per heavy atom. The highest BCUT2D eigenvalue weighted by Crippen LogP contribution is 2.40. The molecule has 0 atom stereocenters. The van der Waals surface area contributed by atoms with Gasteiger partial charge in [0.2, 0.25) is 5.78 Å². The van der Waals surface area contributed by atoms with E-state index in [1.807, 2.05) is 66.4 Å². The van der Waals surface area contributed by atoms with Gasteiger partial charge in [-0.15, -0.1) is 0 Å². The number of nitrogens with zero attached hydrogens (tertiary/aromatic N) is 3. The van der Waals surface area contributed by atoms with Gasteiger partial charge in [-0.25, -0.2) is 0 Å². The van der Waals surface area contributed by atoms with E-state index < -0.39 is 0 Å². The monoisotopic (exact) mass is 445 g/mol. The van der Waals surface area contributed by atoms with Gasteiger partial charge in [0, 0.05) is 14.1 Å². The zero-order chi connectivity index (χ0) is 18.0. The standard InChI is InChI=1S/C19H16IN3O2/c1-22-15-8-4-5-9-16(15)23(2)19(22)13(11-21)17(24)12-25-18-10-6-3-7-14(18)20/h3-10H,12H2,1-2H3. The van der Waals surface area contributed by atoms with Crippen molar-refractivity contribution in [2.45, 2.75) is 0 Å². The molecule has 126 valence electrons. The maximum atomic E-state index is 12.6. The molecular weight excluding hydrogens is 429 g/mol. The Hall–Kier alpha value is -2.53. The Balaban J connectivity index is 1.87. The summed E-state index contributed by atoms with van der Waals surface area (Å²) in [4.78, 5) is 16.3. The first-order valence-electron chi connectivity index (χ1n) is 7.66. The quantitative estimate of drug-likeness (QED) is 0.409. The third-order valence-electron chi connectivity index (χ3n) is 4.05. The van der Waals surface area contributed by atoms with E-state index in [4.69, 9.17) is 4.74 Å². The van der Waals surface area contributed by atoms with Crippen molar-refractivity contribution in [3.05, 3.63) is 63.5 Å². The second kappa shape index (κ2) is 7.15. The highest BCUT2D eigenvalue weighted by molar-refractivity contribution is 14.1. The zero-order valence-corrected chi connectivity index (χ0v) is 16.0. The van der Waals surface area contributed by atoms with Crippen LogP contribution in [0.15, 0.2) is 59.9 Å². The van der Waals surface area contributed by atoms with Crippen LogP contribution < -0.4 is 14.5 Å². The number of hydrogen-bond donors (Lipinski definition) is 0. The smallest absolute Gasteiger partial charge is 0.214 e. The van der Waals surface area contributed by atoms with Crippen molar-refractivity contribution in [2.75, 3.05) is 30.5 Å². The molecule has 1 heterocycles. The van der Waals surface area contributed by atoms with E-state index in [2.05, 4.69) is 28.7 Å². The molecule has 0 N–H and O–H groups in total. The fraction of sp³-hybridized carbons (Fsp3) is 0.158. The van der Waals surface area contributed by atoms with E-state index in [0.29, 0.717) is 11.6 Å². The van der Waals surface area contributed by atoms with Crippen LogP contribution in [0.4, 0.5) is 11.4 Å². The molecular formula is C19H16IN3O2. The average Bonchev–Trinajstić information content (AvgIpc) is 2.87. The van der Waals surface area contributed by atoms with Crippen molar-refractivity contribution >= 4 is 39.7 Å². The van der Waals surface area contributed by atoms with E-state index in [1.54, 1.807) is 6.07 Å². The summed E-state index contributed by atoms with van der Waals surface area (Å²) < 4.78 is 6.53. The van der Waals surface area contributed by atoms with Crippen LogP contribution in [-0.2, 0) is 4.79 Å². The molecule has 2 aromatic carbocycles. The summed E-state index contributed by atoms with van der Waals surface area (Å²) in [6.07, 6.45) is 0. The van der Waals surface area contributed by atoms with Crippen LogP contribution in [0.2, 0.25) is 0 Å². The number of nitriles is 1. The molecule has 0 aliphatic carbocycles. The fourth-order valence-corrected chi connectivity index (χ4v) is 3.38. The van der Waals surface area contributed by atoms with Gasteiger partial charge in [-0.05, 0) is 46.9 Å². The summed E-state index contributed by atoms with van der Waals surface area (Å²) in [5, 5.41) is 9.58. The van der Waals surface area contributed by atoms with Crippen molar-refractivity contribution in [2.24, 2.45) is 0 Å². The predicted octanol–water partition coefficient (Wildman–Crippen LogP) is 3.56. The third kappa shape index (κ3) is 3.20. The molecule has 3 rings (SSSR count). The van der Waals surface area contributed by atoms with Crippen LogP contribution in [0.25, 0.3) is 0 Å². The molecule has 0 fully saturated rings. The van der Waals surface area contributed by atoms with Crippen molar-refractivity contribution in [3.8, 4) is 11.8 Å². The number of carbonyl (C=O) groups excluding carboxylic acids is 1. The van der Waals surface area contributed by atoms with E-state index in [1.165, 1.54) is 0 Å². The highest BCUT2D eigenvalue weighted by Gasteiger charge is 2.31. The lowest BCUT2D eigenvalue weighted by molar-refractivity contribution is -0.117. The Morgan fingerprint density at radius 3 is 2.20 bits per heavy atom. The first kappa shape index (κ1) is 17.3. The van der Waals surface area contributed by atoms with Gasteiger partial charge in [-0.3, -0.25) is 4.79 Å². The van der Waals surface area contributed by atoms with Crippen molar-refractivity contribution in [1.29, 1.82) is 5.26 Å². The lowest BCUT2D eigenvalue weighted by Gasteiger charge is -2.20. The van der Waals surface area contributed by atoms with Crippen molar-refractivity contribution in [1.82, 2.24) is 0 Å². The molecule has 25 heavy (non-hydrogen) atoms. The van der Waals surface area contributed by atoms with Crippen LogP contribution >= 0.6 is 22.6 Å². The third-order valence-corrected chi connectivity index (χ3v) is 4.94. The normalized spacial score (nSPS) is 12.6. The molecule has 2 aromatic rings. The van der Waals surface area contributed by atoms with E-state index in [9.17, 15) is 10.1 Å². The summed E-state index contributed by atoms with van der Waals surface area (Å²) in [5.41, 5.74) is 2.00. The topological polar surface area (TPSA) is 56.6 Å². The highest BCUT2D eigenvalue weighted by atomic mass is 127. The van der Waals surface area contributed by atoms with Gasteiger partial charge in [0.05, 0.1) is 14.9 Å². The number of para-hydroxylation sites is 3. The Bertz CT molecular complexity index is 871. The molecule has 5 nitrogen and oxygen atoms in total. The molecule has 0 saturated carbocycles. The minimum absolute atomic E-state index is 0.0899. The molecule has 0 amide bonds. The molecule has 0 aromatic heterocycles. The number of fused-ring (bicyclic) bond motifs is 1. The zero-order valence-electron chi connectivity index (χ0n) is 13.9. The molecule has 0 bridgehead atoms. The van der Waals surface area contributed by atoms with Gasteiger partial charge in [-0.2, -0.15) is 5.26 Å². The van der Waals surface area contributed by atoms with Gasteiger partial charge in [0.1, 0.15) is 23.2 Å². The number of rotatable bonds is 4. The van der Waals surface area contributed by atoms with E-state index in [-0.39, 0.29) is 18.0 Å². The lowest BCUT2D eigenvalue weighted by Crippen LogP contribution is -2.27. The number of hydrogen-bond acceptors (Lipinski definition) is 5. The largest absolute Gasteiger partial charge is 0.484 e. The summed E-state index contributed by atoms with van der Waals surface area (Å²) in [7, 11) is 3.70. The molecule has 6 heteroatoms. The van der Waals surface area contributed by atoms with E-state index >= 15 is 0 Å². The minimum atomic E-state index is -0.344. The van der Waals surface area contributed by atoms with Gasteiger partial charge in [-0.1, -0.05) is 24.3 Å². The number of benzene rings is 2. The Labute approximate surface area is 160 Å².